The fraction of sp³-hybridized carbons (Fsp3) is 0.429. The van der Waals surface area contributed by atoms with Crippen LogP contribution in [0, 0.1) is 0 Å². The van der Waals surface area contributed by atoms with Crippen LogP contribution in [0.4, 0.5) is 0 Å². The lowest BCUT2D eigenvalue weighted by Crippen LogP contribution is -1.98. The average Bonchev–Trinajstić information content (AvgIpc) is 1.83. The van der Waals surface area contributed by atoms with Crippen LogP contribution in [0.1, 0.15) is 13.3 Å². The van der Waals surface area contributed by atoms with E-state index in [0.717, 1.165) is 6.42 Å². The molecular weight excluding hydrogens is 98.1 g/mol. The Bertz CT molecular complexity index is 92.6. The van der Waals surface area contributed by atoms with Crippen molar-refractivity contribution in [2.45, 2.75) is 13.3 Å². The van der Waals surface area contributed by atoms with Crippen molar-refractivity contribution < 1.29 is 0 Å². The van der Waals surface area contributed by atoms with Gasteiger partial charge in [-0.1, -0.05) is 24.3 Å². The molecule has 0 fully saturated rings. The maximum Gasteiger partial charge on any atom is -0.00368 e. The van der Waals surface area contributed by atoms with E-state index in [2.05, 4.69) is 6.58 Å². The van der Waals surface area contributed by atoms with E-state index in [1.165, 1.54) is 5.57 Å². The topological polar surface area (TPSA) is 26.0 Å². The van der Waals surface area contributed by atoms with Crippen LogP contribution in [0.2, 0.25) is 0 Å². The molecule has 1 nitrogen and oxygen atoms in total. The molecule has 0 saturated carbocycles. The van der Waals surface area contributed by atoms with Gasteiger partial charge >= 0.3 is 0 Å². The van der Waals surface area contributed by atoms with Crippen LogP contribution in [0.15, 0.2) is 24.3 Å². The molecule has 8 heavy (non-hydrogen) atoms. The summed E-state index contributed by atoms with van der Waals surface area (Å²) in [4.78, 5) is 0. The molecule has 0 atom stereocenters. The summed E-state index contributed by atoms with van der Waals surface area (Å²) in [7, 11) is 0. The maximum absolute atomic E-state index is 5.29. The molecule has 46 valence electrons. The first-order chi connectivity index (χ1) is 3.85. The van der Waals surface area contributed by atoms with Gasteiger partial charge in [0.15, 0.2) is 0 Å². The molecule has 0 rings (SSSR count). The summed E-state index contributed by atoms with van der Waals surface area (Å²) in [6, 6.07) is 0. The molecule has 0 aromatic carbocycles. The summed E-state index contributed by atoms with van der Waals surface area (Å²) >= 11 is 0. The third kappa shape index (κ3) is 2.59. The van der Waals surface area contributed by atoms with Crippen LogP contribution in [0.3, 0.4) is 0 Å². The van der Waals surface area contributed by atoms with E-state index in [-0.39, 0.29) is 0 Å². The molecule has 0 amide bonds. The average molecular weight is 111 g/mol. The smallest absolute Gasteiger partial charge is 0.00368 e. The Kier molecular flexibility index (Phi) is 4.27. The molecule has 0 aliphatic rings. The van der Waals surface area contributed by atoms with Crippen molar-refractivity contribution in [1.29, 1.82) is 0 Å². The van der Waals surface area contributed by atoms with Gasteiger partial charge in [0.05, 0.1) is 0 Å². The van der Waals surface area contributed by atoms with Gasteiger partial charge in [0.25, 0.3) is 0 Å². The van der Waals surface area contributed by atoms with Crippen LogP contribution in [0.25, 0.3) is 0 Å². The second-order valence-electron chi connectivity index (χ2n) is 1.61. The van der Waals surface area contributed by atoms with Gasteiger partial charge in [-0.15, -0.1) is 0 Å². The third-order valence-corrected chi connectivity index (χ3v) is 1.07. The quantitative estimate of drug-likeness (QED) is 0.548. The van der Waals surface area contributed by atoms with Gasteiger partial charge in [-0.2, -0.15) is 0 Å². The Hall–Kier alpha value is -0.560. The van der Waals surface area contributed by atoms with E-state index >= 15 is 0 Å². The standard InChI is InChI=1S/C7H13N/c1-3-7(4-2)5-6-8/h3-4H,1,5-6,8H2,2H3/b7-4-. The molecule has 0 radical (unpaired) electrons. The molecule has 0 unspecified atom stereocenters. The minimum absolute atomic E-state index is 0.714. The van der Waals surface area contributed by atoms with Gasteiger partial charge in [0, 0.05) is 0 Å². The molecule has 0 aliphatic heterocycles. The van der Waals surface area contributed by atoms with Gasteiger partial charge in [-0.05, 0) is 19.9 Å². The molecule has 2 N–H and O–H groups in total. The van der Waals surface area contributed by atoms with Gasteiger partial charge in [0.2, 0.25) is 0 Å². The Labute approximate surface area is 50.9 Å². The Morgan fingerprint density at radius 1 is 1.75 bits per heavy atom. The zero-order valence-electron chi connectivity index (χ0n) is 5.35. The zero-order chi connectivity index (χ0) is 6.41. The van der Waals surface area contributed by atoms with Crippen molar-refractivity contribution in [1.82, 2.24) is 0 Å². The minimum atomic E-state index is 0.714. The Morgan fingerprint density at radius 2 is 2.38 bits per heavy atom. The predicted octanol–water partition coefficient (Wildman–Crippen LogP) is 1.47. The molecule has 0 aliphatic carbocycles. The molecule has 0 saturated heterocycles. The van der Waals surface area contributed by atoms with Gasteiger partial charge in [-0.3, -0.25) is 0 Å². The van der Waals surface area contributed by atoms with E-state index < -0.39 is 0 Å². The van der Waals surface area contributed by atoms with Crippen LogP contribution in [-0.2, 0) is 0 Å². The number of hydrogen-bond donors (Lipinski definition) is 1. The van der Waals surface area contributed by atoms with Crippen LogP contribution < -0.4 is 5.73 Å². The first-order valence-corrected chi connectivity index (χ1v) is 2.82. The number of rotatable bonds is 3. The molecule has 0 bridgehead atoms. The summed E-state index contributed by atoms with van der Waals surface area (Å²) in [6.45, 7) is 6.33. The molecule has 0 aromatic heterocycles. The lowest BCUT2D eigenvalue weighted by Gasteiger charge is -1.93. The van der Waals surface area contributed by atoms with Crippen molar-refractivity contribution >= 4 is 0 Å². The molecule has 1 heteroatoms. The van der Waals surface area contributed by atoms with Crippen molar-refractivity contribution in [3.05, 3.63) is 24.3 Å². The largest absolute Gasteiger partial charge is 0.330 e. The zero-order valence-corrected chi connectivity index (χ0v) is 5.35. The van der Waals surface area contributed by atoms with E-state index in [4.69, 9.17) is 5.73 Å². The first-order valence-electron chi connectivity index (χ1n) is 2.82. The van der Waals surface area contributed by atoms with Gasteiger partial charge < -0.3 is 5.73 Å². The summed E-state index contributed by atoms with van der Waals surface area (Å²) in [6.07, 6.45) is 4.81. The van der Waals surface area contributed by atoms with Crippen molar-refractivity contribution in [2.24, 2.45) is 5.73 Å². The van der Waals surface area contributed by atoms with E-state index in [1.807, 2.05) is 19.1 Å². The summed E-state index contributed by atoms with van der Waals surface area (Å²) in [5, 5.41) is 0. The Morgan fingerprint density at radius 3 is 2.50 bits per heavy atom. The van der Waals surface area contributed by atoms with E-state index in [1.54, 1.807) is 0 Å². The highest BCUT2D eigenvalue weighted by atomic mass is 14.5. The van der Waals surface area contributed by atoms with E-state index in [9.17, 15) is 0 Å². The maximum atomic E-state index is 5.29. The summed E-state index contributed by atoms with van der Waals surface area (Å²) in [5.74, 6) is 0. The molecule has 0 aromatic rings. The van der Waals surface area contributed by atoms with Crippen LogP contribution in [-0.4, -0.2) is 6.54 Å². The second kappa shape index (κ2) is 4.60. The van der Waals surface area contributed by atoms with E-state index in [0.29, 0.717) is 6.54 Å². The molecular formula is C7H13N. The van der Waals surface area contributed by atoms with Crippen LogP contribution >= 0.6 is 0 Å². The number of hydrogen-bond acceptors (Lipinski definition) is 1. The summed E-state index contributed by atoms with van der Waals surface area (Å²) in [5.41, 5.74) is 6.52. The fourth-order valence-electron chi connectivity index (χ4n) is 0.531. The lowest BCUT2D eigenvalue weighted by atomic mass is 10.2. The minimum Gasteiger partial charge on any atom is -0.330 e. The van der Waals surface area contributed by atoms with Crippen molar-refractivity contribution in [2.75, 3.05) is 6.54 Å². The SMILES string of the molecule is C=C/C(=C/C)CCN. The molecule has 0 spiro atoms. The lowest BCUT2D eigenvalue weighted by molar-refractivity contribution is 0.971. The highest BCUT2D eigenvalue weighted by molar-refractivity contribution is 5.14. The van der Waals surface area contributed by atoms with Gasteiger partial charge in [0.1, 0.15) is 0 Å². The predicted molar refractivity (Wildman–Crippen MR) is 37.6 cm³/mol. The van der Waals surface area contributed by atoms with Crippen LogP contribution in [0.5, 0.6) is 0 Å². The normalized spacial score (nSPS) is 11.5. The first kappa shape index (κ1) is 7.44. The molecule has 0 heterocycles. The highest BCUT2D eigenvalue weighted by Gasteiger charge is 1.83. The number of nitrogens with two attached hydrogens (primary N) is 1. The number of allylic oxidation sites excluding steroid dienone is 2. The van der Waals surface area contributed by atoms with Crippen molar-refractivity contribution in [3.63, 3.8) is 0 Å². The Balaban J connectivity index is 3.54. The van der Waals surface area contributed by atoms with Gasteiger partial charge in [-0.25, -0.2) is 0 Å². The highest BCUT2D eigenvalue weighted by Crippen LogP contribution is 1.98. The fourth-order valence-corrected chi connectivity index (χ4v) is 0.531. The summed E-state index contributed by atoms with van der Waals surface area (Å²) < 4.78 is 0. The third-order valence-electron chi connectivity index (χ3n) is 1.07. The monoisotopic (exact) mass is 111 g/mol. The second-order valence-corrected chi connectivity index (χ2v) is 1.61. The van der Waals surface area contributed by atoms with Crippen molar-refractivity contribution in [3.8, 4) is 0 Å².